The van der Waals surface area contributed by atoms with Gasteiger partial charge in [0, 0.05) is 0 Å². The van der Waals surface area contributed by atoms with Crippen LogP contribution < -0.4 is 5.19 Å². The van der Waals surface area contributed by atoms with Crippen LogP contribution in [0.15, 0.2) is 30.3 Å². The van der Waals surface area contributed by atoms with E-state index < -0.39 is 9.04 Å². The molecule has 0 fully saturated rings. The molecule has 0 spiro atoms. The van der Waals surface area contributed by atoms with Crippen molar-refractivity contribution in [3.8, 4) is 0 Å². The molecule has 0 bridgehead atoms. The highest BCUT2D eigenvalue weighted by Gasteiger charge is 2.11. The first-order valence-corrected chi connectivity index (χ1v) is 6.78. The second-order valence-electron chi connectivity index (χ2n) is 2.68. The van der Waals surface area contributed by atoms with Crippen LogP contribution in [0.5, 0.6) is 0 Å². The molecule has 0 saturated heterocycles. The molecule has 4 heteroatoms. The minimum absolute atomic E-state index is 0.0653. The second kappa shape index (κ2) is 5.04. The summed E-state index contributed by atoms with van der Waals surface area (Å²) in [7, 11) is -1.57. The van der Waals surface area contributed by atoms with Gasteiger partial charge in [-0.25, -0.2) is 0 Å². The summed E-state index contributed by atoms with van der Waals surface area (Å²) in [6, 6.07) is 9.76. The monoisotopic (exact) mass is 214 g/mol. The molecule has 0 aliphatic carbocycles. The van der Waals surface area contributed by atoms with Crippen LogP contribution in [-0.4, -0.2) is 20.9 Å². The molecule has 1 unspecified atom stereocenters. The van der Waals surface area contributed by atoms with Crippen molar-refractivity contribution in [3.63, 3.8) is 0 Å². The van der Waals surface area contributed by atoms with Crippen LogP contribution in [0.4, 0.5) is 0 Å². The topological polar surface area (TPSA) is 26.3 Å². The predicted molar refractivity (Wildman–Crippen MR) is 55.9 cm³/mol. The zero-order chi connectivity index (χ0) is 9.68. The largest absolute Gasteiger partial charge is 0.517 e. The Balaban J connectivity index is 2.59. The minimum atomic E-state index is -1.57. The van der Waals surface area contributed by atoms with Gasteiger partial charge < -0.3 is 4.43 Å². The highest BCUT2D eigenvalue weighted by Crippen LogP contribution is 1.92. The van der Waals surface area contributed by atoms with E-state index in [9.17, 15) is 4.79 Å². The third-order valence-electron chi connectivity index (χ3n) is 1.69. The summed E-state index contributed by atoms with van der Waals surface area (Å²) >= 11 is 5.33. The molecule has 0 radical (unpaired) electrons. The van der Waals surface area contributed by atoms with Gasteiger partial charge in [0.2, 0.25) is 0 Å². The van der Waals surface area contributed by atoms with Crippen molar-refractivity contribution in [2.75, 3.05) is 5.88 Å². The normalized spacial score (nSPS) is 12.2. The fourth-order valence-electron chi connectivity index (χ4n) is 1.02. The lowest BCUT2D eigenvalue weighted by Crippen LogP contribution is -2.32. The Morgan fingerprint density at radius 1 is 1.46 bits per heavy atom. The number of benzene rings is 1. The van der Waals surface area contributed by atoms with Gasteiger partial charge in [-0.05, 0) is 11.7 Å². The lowest BCUT2D eigenvalue weighted by Gasteiger charge is -2.10. The quantitative estimate of drug-likeness (QED) is 0.555. The number of carbonyl (C=O) groups excluding carboxylic acids is 1. The van der Waals surface area contributed by atoms with Crippen LogP contribution in [-0.2, 0) is 9.22 Å². The van der Waals surface area contributed by atoms with Crippen molar-refractivity contribution in [1.82, 2.24) is 0 Å². The number of carbonyl (C=O) groups is 1. The molecule has 0 saturated carbocycles. The van der Waals surface area contributed by atoms with Crippen molar-refractivity contribution in [1.29, 1.82) is 0 Å². The van der Waals surface area contributed by atoms with Crippen LogP contribution in [0.2, 0.25) is 6.55 Å². The fourth-order valence-corrected chi connectivity index (χ4v) is 2.57. The zero-order valence-electron chi connectivity index (χ0n) is 7.37. The van der Waals surface area contributed by atoms with E-state index in [0.717, 1.165) is 5.19 Å². The SMILES string of the molecule is C[SiH](OC(=O)CCl)c1ccccc1. The number of halogens is 1. The number of hydrogen-bond acceptors (Lipinski definition) is 2. The summed E-state index contributed by atoms with van der Waals surface area (Å²) in [6.45, 7) is 1.96. The molecule has 0 N–H and O–H groups in total. The molecule has 1 aromatic rings. The Morgan fingerprint density at radius 3 is 2.62 bits per heavy atom. The Morgan fingerprint density at radius 2 is 2.08 bits per heavy atom. The Hall–Kier alpha value is -0.803. The summed E-state index contributed by atoms with van der Waals surface area (Å²) in [4.78, 5) is 10.9. The van der Waals surface area contributed by atoms with E-state index in [4.69, 9.17) is 16.0 Å². The van der Waals surface area contributed by atoms with Gasteiger partial charge in [0.05, 0.1) is 0 Å². The lowest BCUT2D eigenvalue weighted by atomic mass is 10.4. The first kappa shape index (κ1) is 10.3. The maximum atomic E-state index is 10.9. The van der Waals surface area contributed by atoms with Crippen molar-refractivity contribution in [3.05, 3.63) is 30.3 Å². The molecule has 13 heavy (non-hydrogen) atoms. The average molecular weight is 215 g/mol. The molecule has 0 heterocycles. The molecule has 1 atom stereocenters. The third-order valence-corrected chi connectivity index (χ3v) is 3.84. The zero-order valence-corrected chi connectivity index (χ0v) is 9.28. The third kappa shape index (κ3) is 3.20. The van der Waals surface area contributed by atoms with Crippen LogP contribution in [0.1, 0.15) is 0 Å². The molecule has 0 aliphatic rings. The van der Waals surface area contributed by atoms with Crippen LogP contribution in [0.25, 0.3) is 0 Å². The number of rotatable bonds is 3. The van der Waals surface area contributed by atoms with Gasteiger partial charge in [-0.1, -0.05) is 30.3 Å². The molecule has 0 aliphatic heterocycles. The highest BCUT2D eigenvalue weighted by atomic mass is 35.5. The van der Waals surface area contributed by atoms with Crippen LogP contribution >= 0.6 is 11.6 Å². The first-order chi connectivity index (χ1) is 6.24. The Kier molecular flexibility index (Phi) is 3.99. The standard InChI is InChI=1S/C9H11ClO2Si/c1-13(12-9(11)7-10)8-5-3-2-4-6-8/h2-6,13H,7H2,1H3. The average Bonchev–Trinajstić information content (AvgIpc) is 2.19. The first-order valence-electron chi connectivity index (χ1n) is 4.04. The molecule has 70 valence electrons. The fraction of sp³-hybridized carbons (Fsp3) is 0.222. The van der Waals surface area contributed by atoms with Crippen molar-refractivity contribution in [2.24, 2.45) is 0 Å². The van der Waals surface area contributed by atoms with E-state index in [1.165, 1.54) is 0 Å². The summed E-state index contributed by atoms with van der Waals surface area (Å²) in [6.07, 6.45) is 0. The van der Waals surface area contributed by atoms with E-state index >= 15 is 0 Å². The maximum Gasteiger partial charge on any atom is 0.307 e. The lowest BCUT2D eigenvalue weighted by molar-refractivity contribution is -0.131. The molecule has 0 amide bonds. The van der Waals surface area contributed by atoms with E-state index in [1.54, 1.807) is 0 Å². The molecule has 0 aromatic heterocycles. The van der Waals surface area contributed by atoms with Crippen molar-refractivity contribution in [2.45, 2.75) is 6.55 Å². The van der Waals surface area contributed by atoms with Gasteiger partial charge in [-0.2, -0.15) is 0 Å². The van der Waals surface area contributed by atoms with Gasteiger partial charge in [-0.3, -0.25) is 4.79 Å². The summed E-state index contributed by atoms with van der Waals surface area (Å²) in [5.41, 5.74) is 0. The van der Waals surface area contributed by atoms with E-state index in [0.29, 0.717) is 0 Å². The van der Waals surface area contributed by atoms with E-state index in [2.05, 4.69) is 0 Å². The Labute approximate surface area is 84.2 Å². The summed E-state index contributed by atoms with van der Waals surface area (Å²) in [5.74, 6) is -0.394. The van der Waals surface area contributed by atoms with Crippen molar-refractivity contribution < 1.29 is 9.22 Å². The molecule has 1 rings (SSSR count). The smallest absolute Gasteiger partial charge is 0.307 e. The summed E-state index contributed by atoms with van der Waals surface area (Å²) in [5, 5.41) is 1.11. The molecular formula is C9H11ClO2Si. The highest BCUT2D eigenvalue weighted by molar-refractivity contribution is 6.67. The number of alkyl halides is 1. The van der Waals surface area contributed by atoms with E-state index in [-0.39, 0.29) is 11.8 Å². The summed E-state index contributed by atoms with van der Waals surface area (Å²) < 4.78 is 5.15. The minimum Gasteiger partial charge on any atom is -0.517 e. The van der Waals surface area contributed by atoms with Crippen molar-refractivity contribution >= 4 is 31.8 Å². The molecule has 1 aromatic carbocycles. The maximum absolute atomic E-state index is 10.9. The molecule has 2 nitrogen and oxygen atoms in total. The second-order valence-corrected chi connectivity index (χ2v) is 5.13. The van der Waals surface area contributed by atoms with Gasteiger partial charge in [0.1, 0.15) is 5.88 Å². The van der Waals surface area contributed by atoms with E-state index in [1.807, 2.05) is 36.9 Å². The van der Waals surface area contributed by atoms with Crippen LogP contribution in [0.3, 0.4) is 0 Å². The van der Waals surface area contributed by atoms with Gasteiger partial charge in [0.15, 0.2) is 0 Å². The van der Waals surface area contributed by atoms with Gasteiger partial charge in [0.25, 0.3) is 9.04 Å². The Bertz CT molecular complexity index is 276. The predicted octanol–water partition coefficient (Wildman–Crippen LogP) is 1.03. The van der Waals surface area contributed by atoms with Crippen LogP contribution in [0, 0.1) is 0 Å². The molecular weight excluding hydrogens is 204 g/mol. The van der Waals surface area contributed by atoms with Gasteiger partial charge in [-0.15, -0.1) is 11.6 Å². The number of hydrogen-bond donors (Lipinski definition) is 0. The van der Waals surface area contributed by atoms with Gasteiger partial charge >= 0.3 is 5.97 Å².